The molecule has 0 spiro atoms. The normalized spacial score (nSPS) is 11.4. The maximum Gasteiger partial charge on any atom is 0.258 e. The average molecular weight is 757 g/mol. The first-order valence-electron chi connectivity index (χ1n) is 17.3. The molecule has 18 nitrogen and oxygen atoms in total. The number of aryl methyl sites for hydroxylation is 3. The Morgan fingerprint density at radius 1 is 0.281 bits per heavy atom. The molecule has 0 saturated carbocycles. The van der Waals surface area contributed by atoms with Crippen molar-refractivity contribution in [3.63, 3.8) is 0 Å². The molecular weight excluding hydrogens is 733 g/mol. The van der Waals surface area contributed by atoms with Gasteiger partial charge in [0.15, 0.2) is 17.5 Å². The summed E-state index contributed by atoms with van der Waals surface area (Å²) in [4.78, 5) is 27.2. The molecule has 57 heavy (non-hydrogen) atoms. The number of aromatic nitrogens is 12. The summed E-state index contributed by atoms with van der Waals surface area (Å²) in [6, 6.07) is 27.6. The highest BCUT2D eigenvalue weighted by atomic mass is 16.5. The standard InChI is InChI=1S/C39H24N12O6/c1-19-40-34(52-46-19)22-7-4-10-25(13-22)37-43-31(49-55-37)28-16-29(32-44-38(56-50-32)26-11-5-8-23(14-26)35-41-20(2)47-53-35)18-30(17-28)33-45-39(57-51-33)27-12-6-9-24(15-27)36-42-21(3)48-54-36/h4-18H,1-3H3. The van der Waals surface area contributed by atoms with Crippen LogP contribution in [-0.2, 0) is 0 Å². The van der Waals surface area contributed by atoms with E-state index in [1.165, 1.54) is 0 Å². The van der Waals surface area contributed by atoms with Gasteiger partial charge >= 0.3 is 0 Å². The van der Waals surface area contributed by atoms with Crippen LogP contribution >= 0.6 is 0 Å². The maximum absolute atomic E-state index is 5.75. The minimum atomic E-state index is 0.270. The Morgan fingerprint density at radius 2 is 0.509 bits per heavy atom. The van der Waals surface area contributed by atoms with Crippen LogP contribution in [0.5, 0.6) is 0 Å². The van der Waals surface area contributed by atoms with E-state index in [-0.39, 0.29) is 35.1 Å². The smallest absolute Gasteiger partial charge is 0.258 e. The van der Waals surface area contributed by atoms with Crippen molar-refractivity contribution in [2.75, 3.05) is 0 Å². The van der Waals surface area contributed by atoms with Gasteiger partial charge in [-0.15, -0.1) is 0 Å². The SMILES string of the molecule is Cc1noc(-c2cccc(-c3nc(-c4cc(-c5noc(-c6cccc(-c7nc(C)no7)c6)n5)cc(-c5noc(-c6cccc(-c7nc(C)no7)c6)n5)c4)no3)c2)n1. The lowest BCUT2D eigenvalue weighted by Gasteiger charge is -2.03. The van der Waals surface area contributed by atoms with Crippen LogP contribution in [0.4, 0.5) is 0 Å². The van der Waals surface area contributed by atoms with Crippen LogP contribution in [0.1, 0.15) is 17.5 Å². The van der Waals surface area contributed by atoms with Crippen molar-refractivity contribution in [3.05, 3.63) is 108 Å². The summed E-state index contributed by atoms with van der Waals surface area (Å²) in [5.74, 6) is 4.34. The number of hydrogen-bond donors (Lipinski definition) is 0. The van der Waals surface area contributed by atoms with Crippen molar-refractivity contribution >= 4 is 0 Å². The zero-order valence-electron chi connectivity index (χ0n) is 30.0. The Hall–Kier alpha value is -8.28. The van der Waals surface area contributed by atoms with Gasteiger partial charge in [0.2, 0.25) is 17.5 Å². The Balaban J connectivity index is 1.03. The highest BCUT2D eigenvalue weighted by molar-refractivity contribution is 5.77. The fourth-order valence-electron chi connectivity index (χ4n) is 5.99. The molecule has 6 heterocycles. The predicted octanol–water partition coefficient (Wildman–Crippen LogP) is 7.91. The van der Waals surface area contributed by atoms with Crippen LogP contribution in [0.3, 0.4) is 0 Å². The summed E-state index contributed by atoms with van der Waals surface area (Å²) in [5, 5.41) is 24.6. The number of rotatable bonds is 9. The lowest BCUT2D eigenvalue weighted by molar-refractivity contribution is 0.425. The first kappa shape index (κ1) is 33.3. The third-order valence-corrected chi connectivity index (χ3v) is 8.64. The molecular formula is C39H24N12O6. The van der Waals surface area contributed by atoms with Gasteiger partial charge in [-0.3, -0.25) is 0 Å². The Kier molecular flexibility index (Phi) is 7.91. The fourth-order valence-corrected chi connectivity index (χ4v) is 5.99. The molecule has 0 atom stereocenters. The molecule has 0 amide bonds. The van der Waals surface area contributed by atoms with Gasteiger partial charge in [0.05, 0.1) is 0 Å². The number of benzene rings is 4. The highest BCUT2D eigenvalue weighted by Gasteiger charge is 2.21. The van der Waals surface area contributed by atoms with Crippen LogP contribution in [0.15, 0.2) is 118 Å². The minimum Gasteiger partial charge on any atom is -0.334 e. The lowest BCUT2D eigenvalue weighted by Crippen LogP contribution is -1.90. The van der Waals surface area contributed by atoms with Crippen LogP contribution in [-0.4, -0.2) is 60.8 Å². The van der Waals surface area contributed by atoms with Gasteiger partial charge in [0, 0.05) is 50.1 Å². The van der Waals surface area contributed by atoms with E-state index in [1.807, 2.05) is 91.0 Å². The molecule has 10 aromatic rings. The van der Waals surface area contributed by atoms with E-state index in [1.54, 1.807) is 20.8 Å². The molecule has 0 N–H and O–H groups in total. The number of hydrogen-bond acceptors (Lipinski definition) is 18. The van der Waals surface area contributed by atoms with Gasteiger partial charge in [-0.25, -0.2) is 0 Å². The average Bonchev–Trinajstić information content (AvgIpc) is 4.10. The third-order valence-electron chi connectivity index (χ3n) is 8.64. The summed E-state index contributed by atoms with van der Waals surface area (Å²) < 4.78 is 33.3. The van der Waals surface area contributed by atoms with Gasteiger partial charge in [0.1, 0.15) is 0 Å². The monoisotopic (exact) mass is 756 g/mol. The molecule has 0 fully saturated rings. The van der Waals surface area contributed by atoms with Crippen molar-refractivity contribution in [3.8, 4) is 103 Å². The second kappa shape index (κ2) is 13.5. The molecule has 0 saturated heterocycles. The van der Waals surface area contributed by atoms with E-state index in [0.717, 1.165) is 0 Å². The minimum absolute atomic E-state index is 0.270. The highest BCUT2D eigenvalue weighted by Crippen LogP contribution is 2.34. The molecule has 4 aromatic carbocycles. The molecule has 0 unspecified atom stereocenters. The van der Waals surface area contributed by atoms with Crippen molar-refractivity contribution in [1.82, 2.24) is 60.8 Å². The Morgan fingerprint density at radius 3 is 0.754 bits per heavy atom. The Bertz CT molecular complexity index is 2730. The maximum atomic E-state index is 5.75. The second-order valence-corrected chi connectivity index (χ2v) is 12.8. The molecule has 0 aliphatic carbocycles. The summed E-state index contributed by atoms with van der Waals surface area (Å²) in [5.41, 5.74) is 5.74. The van der Waals surface area contributed by atoms with E-state index in [9.17, 15) is 0 Å². The third kappa shape index (κ3) is 6.52. The molecule has 10 rings (SSSR count). The molecule has 0 aliphatic heterocycles. The zero-order chi connectivity index (χ0) is 38.5. The summed E-state index contributed by atoms with van der Waals surface area (Å²) in [6.45, 7) is 5.25. The van der Waals surface area contributed by atoms with Crippen molar-refractivity contribution in [1.29, 1.82) is 0 Å². The molecule has 276 valence electrons. The quantitative estimate of drug-likeness (QED) is 0.136. The van der Waals surface area contributed by atoms with E-state index in [4.69, 9.17) is 42.1 Å². The van der Waals surface area contributed by atoms with Gasteiger partial charge in [-0.05, 0) is 93.6 Å². The first-order chi connectivity index (χ1) is 27.9. The molecule has 0 radical (unpaired) electrons. The molecule has 18 heteroatoms. The van der Waals surface area contributed by atoms with Gasteiger partial charge < -0.3 is 27.1 Å². The molecule has 0 aliphatic rings. The summed E-state index contributed by atoms with van der Waals surface area (Å²) in [7, 11) is 0. The lowest BCUT2D eigenvalue weighted by atomic mass is 10.0. The largest absolute Gasteiger partial charge is 0.334 e. The molecule has 6 aromatic heterocycles. The van der Waals surface area contributed by atoms with E-state index in [2.05, 4.69) is 45.9 Å². The van der Waals surface area contributed by atoms with Crippen LogP contribution in [0.25, 0.3) is 103 Å². The summed E-state index contributed by atoms with van der Waals surface area (Å²) >= 11 is 0. The second-order valence-electron chi connectivity index (χ2n) is 12.8. The summed E-state index contributed by atoms with van der Waals surface area (Å²) in [6.07, 6.45) is 0. The van der Waals surface area contributed by atoms with E-state index in [0.29, 0.717) is 85.2 Å². The van der Waals surface area contributed by atoms with E-state index < -0.39 is 0 Å². The van der Waals surface area contributed by atoms with Crippen molar-refractivity contribution in [2.45, 2.75) is 20.8 Å². The van der Waals surface area contributed by atoms with Gasteiger partial charge in [-0.2, -0.15) is 29.9 Å². The van der Waals surface area contributed by atoms with Crippen LogP contribution in [0.2, 0.25) is 0 Å². The van der Waals surface area contributed by atoms with E-state index >= 15 is 0 Å². The van der Waals surface area contributed by atoms with Crippen molar-refractivity contribution < 1.29 is 27.1 Å². The predicted molar refractivity (Wildman–Crippen MR) is 197 cm³/mol. The molecule has 0 bridgehead atoms. The zero-order valence-corrected chi connectivity index (χ0v) is 30.0. The topological polar surface area (TPSA) is 234 Å². The van der Waals surface area contributed by atoms with Crippen LogP contribution in [0, 0.1) is 20.8 Å². The van der Waals surface area contributed by atoms with Gasteiger partial charge in [-0.1, -0.05) is 49.1 Å². The van der Waals surface area contributed by atoms with Crippen molar-refractivity contribution in [2.24, 2.45) is 0 Å². The first-order valence-corrected chi connectivity index (χ1v) is 17.3. The Labute approximate surface area is 319 Å². The van der Waals surface area contributed by atoms with Crippen LogP contribution < -0.4 is 0 Å². The fraction of sp³-hybridized carbons (Fsp3) is 0.0769. The van der Waals surface area contributed by atoms with Gasteiger partial charge in [0.25, 0.3) is 35.3 Å². The number of nitrogens with zero attached hydrogens (tertiary/aromatic N) is 12.